The molecule has 1 saturated carbocycles. The Morgan fingerprint density at radius 1 is 1.33 bits per heavy atom. The normalized spacial score (nSPS) is 25.8. The van der Waals surface area contributed by atoms with Gasteiger partial charge in [0.25, 0.3) is 5.91 Å². The molecule has 2 amide bonds. The van der Waals surface area contributed by atoms with Crippen LogP contribution >= 0.6 is 11.8 Å². The van der Waals surface area contributed by atoms with E-state index in [2.05, 4.69) is 5.32 Å². The van der Waals surface area contributed by atoms with Gasteiger partial charge in [-0.05, 0) is 31.9 Å². The number of carbonyl (C=O) groups excluding carboxylic acids is 2. The molecule has 2 aliphatic rings. The van der Waals surface area contributed by atoms with Crippen LogP contribution in [-0.2, 0) is 9.59 Å². The highest BCUT2D eigenvalue weighted by Crippen LogP contribution is 2.44. The van der Waals surface area contributed by atoms with E-state index in [-0.39, 0.29) is 17.9 Å². The Morgan fingerprint density at radius 2 is 2.00 bits per heavy atom. The summed E-state index contributed by atoms with van der Waals surface area (Å²) in [6.07, 6.45) is 4.36. The van der Waals surface area contributed by atoms with Crippen LogP contribution in [0.15, 0.2) is 29.2 Å². The van der Waals surface area contributed by atoms with Gasteiger partial charge in [0, 0.05) is 18.0 Å². The van der Waals surface area contributed by atoms with Crippen LogP contribution < -0.4 is 10.2 Å². The summed E-state index contributed by atoms with van der Waals surface area (Å²) in [4.78, 5) is 27.9. The second kappa shape index (κ2) is 5.37. The largest absolute Gasteiger partial charge is 0.352 e. The number of amides is 2. The van der Waals surface area contributed by atoms with Gasteiger partial charge in [-0.15, -0.1) is 0 Å². The maximum absolute atomic E-state index is 12.7. The van der Waals surface area contributed by atoms with E-state index in [0.717, 1.165) is 36.3 Å². The van der Waals surface area contributed by atoms with Crippen LogP contribution in [0, 0.1) is 0 Å². The number of hydrogen-bond donors (Lipinski definition) is 1. The predicted octanol–water partition coefficient (Wildman–Crippen LogP) is 2.57. The van der Waals surface area contributed by atoms with Crippen molar-refractivity contribution in [3.8, 4) is 0 Å². The summed E-state index contributed by atoms with van der Waals surface area (Å²) in [6.45, 7) is 1.73. The second-order valence-electron chi connectivity index (χ2n) is 5.92. The van der Waals surface area contributed by atoms with Crippen molar-refractivity contribution in [2.24, 2.45) is 0 Å². The predicted molar refractivity (Wildman–Crippen MR) is 84.5 cm³/mol. The van der Waals surface area contributed by atoms with Gasteiger partial charge in [-0.25, -0.2) is 0 Å². The van der Waals surface area contributed by atoms with Gasteiger partial charge < -0.3 is 10.2 Å². The number of anilines is 1. The highest BCUT2D eigenvalue weighted by atomic mass is 32.2. The summed E-state index contributed by atoms with van der Waals surface area (Å²) >= 11 is 1.36. The Bertz CT molecular complexity index is 583. The Kier molecular flexibility index (Phi) is 3.69. The summed E-state index contributed by atoms with van der Waals surface area (Å²) in [5.74, 6) is -0.313. The minimum absolute atomic E-state index is 0.151. The lowest BCUT2D eigenvalue weighted by Crippen LogP contribution is -2.56. The molecule has 1 N–H and O–H groups in total. The molecule has 21 heavy (non-hydrogen) atoms. The van der Waals surface area contributed by atoms with Gasteiger partial charge in [0.15, 0.2) is 4.75 Å². The average molecular weight is 304 g/mol. The molecular formula is C16H20N2O2S. The van der Waals surface area contributed by atoms with Gasteiger partial charge in [0.05, 0.1) is 5.69 Å². The highest BCUT2D eigenvalue weighted by molar-refractivity contribution is 8.02. The zero-order valence-corrected chi connectivity index (χ0v) is 13.2. The van der Waals surface area contributed by atoms with E-state index >= 15 is 0 Å². The topological polar surface area (TPSA) is 49.4 Å². The van der Waals surface area contributed by atoms with Gasteiger partial charge in [-0.2, -0.15) is 0 Å². The maximum atomic E-state index is 12.7. The highest BCUT2D eigenvalue weighted by Gasteiger charge is 2.48. The summed E-state index contributed by atoms with van der Waals surface area (Å²) in [7, 11) is 1.74. The monoisotopic (exact) mass is 304 g/mol. The number of fused-ring (bicyclic) bond motifs is 1. The fraction of sp³-hybridized carbons (Fsp3) is 0.500. The molecule has 3 rings (SSSR count). The second-order valence-corrected chi connectivity index (χ2v) is 7.38. The van der Waals surface area contributed by atoms with Crippen LogP contribution in [0.3, 0.4) is 0 Å². The Balaban J connectivity index is 1.86. The van der Waals surface area contributed by atoms with Crippen molar-refractivity contribution in [2.75, 3.05) is 11.9 Å². The van der Waals surface area contributed by atoms with Crippen molar-refractivity contribution in [3.63, 3.8) is 0 Å². The van der Waals surface area contributed by atoms with Crippen LogP contribution in [0.5, 0.6) is 0 Å². The fourth-order valence-corrected chi connectivity index (χ4v) is 4.32. The smallest absolute Gasteiger partial charge is 0.252 e. The molecule has 1 heterocycles. The molecule has 0 aromatic heterocycles. The van der Waals surface area contributed by atoms with Crippen LogP contribution in [0.2, 0.25) is 0 Å². The fourth-order valence-electron chi connectivity index (χ4n) is 3.05. The molecule has 1 aliphatic carbocycles. The van der Waals surface area contributed by atoms with Gasteiger partial charge in [-0.3, -0.25) is 9.59 Å². The first-order valence-corrected chi connectivity index (χ1v) is 8.21. The van der Waals surface area contributed by atoms with Gasteiger partial charge in [0.2, 0.25) is 5.91 Å². The molecule has 1 aliphatic heterocycles. The van der Waals surface area contributed by atoms with Crippen molar-refractivity contribution in [2.45, 2.75) is 48.3 Å². The molecule has 1 aromatic carbocycles. The first-order valence-electron chi connectivity index (χ1n) is 7.39. The van der Waals surface area contributed by atoms with Crippen LogP contribution in [0.25, 0.3) is 0 Å². The quantitative estimate of drug-likeness (QED) is 0.854. The van der Waals surface area contributed by atoms with Crippen molar-refractivity contribution in [1.82, 2.24) is 5.32 Å². The van der Waals surface area contributed by atoms with E-state index in [4.69, 9.17) is 0 Å². The van der Waals surface area contributed by atoms with Gasteiger partial charge in [0.1, 0.15) is 0 Å². The molecule has 0 radical (unpaired) electrons. The molecule has 0 unspecified atom stereocenters. The zero-order valence-electron chi connectivity index (χ0n) is 12.4. The number of thioether (sulfide) groups is 1. The van der Waals surface area contributed by atoms with Crippen molar-refractivity contribution < 1.29 is 9.59 Å². The lowest BCUT2D eigenvalue weighted by molar-refractivity contribution is -0.131. The van der Waals surface area contributed by atoms with E-state index in [0.29, 0.717) is 0 Å². The number of carbonyl (C=O) groups is 2. The third-order valence-corrected chi connectivity index (χ3v) is 5.71. The van der Waals surface area contributed by atoms with E-state index < -0.39 is 4.75 Å². The van der Waals surface area contributed by atoms with Crippen LogP contribution in [-0.4, -0.2) is 29.7 Å². The molecule has 1 aromatic rings. The van der Waals surface area contributed by atoms with Crippen LogP contribution in [0.4, 0.5) is 5.69 Å². The molecule has 112 valence electrons. The van der Waals surface area contributed by atoms with Crippen LogP contribution in [0.1, 0.15) is 32.6 Å². The molecule has 0 bridgehead atoms. The van der Waals surface area contributed by atoms with Crippen molar-refractivity contribution >= 4 is 29.3 Å². The maximum Gasteiger partial charge on any atom is 0.252 e. The molecular weight excluding hydrogens is 284 g/mol. The summed E-state index contributed by atoms with van der Waals surface area (Å²) in [5, 5.41) is 3.06. The third kappa shape index (κ3) is 2.44. The first-order chi connectivity index (χ1) is 10.0. The van der Waals surface area contributed by atoms with Crippen molar-refractivity contribution in [1.29, 1.82) is 0 Å². The number of nitrogens with zero attached hydrogens (tertiary/aromatic N) is 1. The number of hydrogen-bond acceptors (Lipinski definition) is 3. The van der Waals surface area contributed by atoms with E-state index in [1.807, 2.05) is 24.3 Å². The number of para-hydroxylation sites is 1. The van der Waals surface area contributed by atoms with E-state index in [9.17, 15) is 9.59 Å². The number of nitrogens with one attached hydrogen (secondary N) is 1. The minimum Gasteiger partial charge on any atom is -0.352 e. The minimum atomic E-state index is -1.08. The standard InChI is InChI=1S/C16H20N2O2S/c1-16(14(19)17-11-7-3-4-8-11)15(20)18(2)12-9-5-6-10-13(12)21-16/h5-6,9-11H,3-4,7-8H2,1-2H3,(H,17,19)/t16-/m0/s1. The number of rotatable bonds is 2. The molecule has 1 atom stereocenters. The summed E-state index contributed by atoms with van der Waals surface area (Å²) in [6, 6.07) is 7.94. The Hall–Kier alpha value is -1.49. The molecule has 5 heteroatoms. The van der Waals surface area contributed by atoms with E-state index in [1.165, 1.54) is 11.8 Å². The summed E-state index contributed by atoms with van der Waals surface area (Å²) in [5.41, 5.74) is 0.874. The molecule has 0 saturated heterocycles. The summed E-state index contributed by atoms with van der Waals surface area (Å²) < 4.78 is -1.08. The lowest BCUT2D eigenvalue weighted by Gasteiger charge is -2.37. The van der Waals surface area contributed by atoms with E-state index in [1.54, 1.807) is 18.9 Å². The molecule has 1 fully saturated rings. The van der Waals surface area contributed by atoms with Gasteiger partial charge in [-0.1, -0.05) is 36.7 Å². The Morgan fingerprint density at radius 3 is 2.71 bits per heavy atom. The van der Waals surface area contributed by atoms with Gasteiger partial charge >= 0.3 is 0 Å². The zero-order chi connectivity index (χ0) is 15.0. The first kappa shape index (κ1) is 14.4. The Labute approximate surface area is 129 Å². The SMILES string of the molecule is CN1C(=O)[C@](C)(C(=O)NC2CCCC2)Sc2ccccc21. The van der Waals surface area contributed by atoms with Crippen molar-refractivity contribution in [3.05, 3.63) is 24.3 Å². The lowest BCUT2D eigenvalue weighted by atomic mass is 10.1. The third-order valence-electron chi connectivity index (χ3n) is 4.38. The average Bonchev–Trinajstić information content (AvgIpc) is 2.98. The number of benzene rings is 1. The molecule has 4 nitrogen and oxygen atoms in total. The molecule has 0 spiro atoms.